The molecule has 0 fully saturated rings. The largest absolute Gasteiger partial charge is 0.390 e. The molecule has 0 heterocycles. The quantitative estimate of drug-likeness (QED) is 0.0217. The second-order valence-corrected chi connectivity index (χ2v) is 14.4. The van der Waals surface area contributed by atoms with Crippen molar-refractivity contribution in [1.29, 1.82) is 0 Å². The highest BCUT2D eigenvalue weighted by Crippen LogP contribution is 2.11. The summed E-state index contributed by atoms with van der Waals surface area (Å²) in [5.74, 6) is 0. The van der Waals surface area contributed by atoms with E-state index >= 15 is 0 Å². The molecule has 47 heavy (non-hydrogen) atoms. The van der Waals surface area contributed by atoms with Gasteiger partial charge < -0.3 is 14.2 Å². The number of likely N-dealkylation sites (N-methyl/N-ethyl adjacent to an activating group) is 1. The van der Waals surface area contributed by atoms with Gasteiger partial charge in [0.15, 0.2) is 13.2 Å². The molecule has 0 atom stereocenters. The van der Waals surface area contributed by atoms with Crippen LogP contribution in [0.15, 0.2) is 34.6 Å². The van der Waals surface area contributed by atoms with Crippen molar-refractivity contribution in [1.82, 2.24) is 0 Å². The van der Waals surface area contributed by atoms with E-state index in [9.17, 15) is 0 Å². The summed E-state index contributed by atoms with van der Waals surface area (Å²) < 4.78 is 0.841. The molecule has 0 spiro atoms. The van der Waals surface area contributed by atoms with Crippen molar-refractivity contribution in [2.24, 2.45) is 10.3 Å². The van der Waals surface area contributed by atoms with Gasteiger partial charge in [0, 0.05) is 12.4 Å². The van der Waals surface area contributed by atoms with E-state index in [0.717, 1.165) is 30.4 Å². The molecule has 0 aliphatic rings. The molecule has 0 saturated carbocycles. The maximum atomic E-state index is 5.51. The number of oxime groups is 2. The van der Waals surface area contributed by atoms with E-state index in [-0.39, 0.29) is 0 Å². The lowest BCUT2D eigenvalue weighted by Gasteiger charge is -2.28. The van der Waals surface area contributed by atoms with E-state index < -0.39 is 0 Å². The minimum Gasteiger partial charge on any atom is -0.390 e. The van der Waals surface area contributed by atoms with Crippen LogP contribution >= 0.6 is 0 Å². The molecule has 0 aromatic heterocycles. The van der Waals surface area contributed by atoms with Crippen molar-refractivity contribution in [2.45, 2.75) is 194 Å². The summed E-state index contributed by atoms with van der Waals surface area (Å²) in [5, 5.41) is 8.33. The first-order valence-corrected chi connectivity index (χ1v) is 20.5. The molecular weight excluding hydrogens is 578 g/mol. The number of unbranched alkanes of at least 4 members (excludes halogenated alkanes) is 24. The van der Waals surface area contributed by atoms with Gasteiger partial charge >= 0.3 is 0 Å². The van der Waals surface area contributed by atoms with Crippen LogP contribution in [0, 0.1) is 0 Å². The van der Waals surface area contributed by atoms with Crippen LogP contribution < -0.4 is 0 Å². The second-order valence-electron chi connectivity index (χ2n) is 14.4. The fraction of sp³-hybridized carbons (Fsp3) is 0.857. The number of nitrogens with zero attached hydrogens (tertiary/aromatic N) is 3. The predicted molar refractivity (Wildman–Crippen MR) is 210 cm³/mol. The first-order valence-electron chi connectivity index (χ1n) is 20.5. The Kier molecular flexibility index (Phi) is 37.5. The molecule has 276 valence electrons. The minimum atomic E-state index is 0.634. The average molecular weight is 661 g/mol. The van der Waals surface area contributed by atoms with Gasteiger partial charge in [-0.1, -0.05) is 151 Å². The van der Waals surface area contributed by atoms with E-state index in [1.54, 1.807) is 0 Å². The second kappa shape index (κ2) is 38.8. The molecule has 0 N–H and O–H groups in total. The molecule has 0 aliphatic carbocycles. The zero-order valence-electron chi connectivity index (χ0n) is 32.2. The number of quaternary nitrogens is 1. The Morgan fingerprint density at radius 3 is 0.979 bits per heavy atom. The Labute approximate surface area is 294 Å². The van der Waals surface area contributed by atoms with E-state index in [1.807, 2.05) is 12.4 Å². The van der Waals surface area contributed by atoms with E-state index in [1.165, 1.54) is 167 Å². The normalized spacial score (nSPS) is 12.5. The maximum Gasteiger partial charge on any atom is 0.165 e. The van der Waals surface area contributed by atoms with Gasteiger partial charge in [0.25, 0.3) is 0 Å². The van der Waals surface area contributed by atoms with E-state index in [0.29, 0.717) is 13.2 Å². The third-order valence-electron chi connectivity index (χ3n) is 9.06. The molecule has 0 saturated heterocycles. The van der Waals surface area contributed by atoms with Gasteiger partial charge in [-0.15, -0.1) is 0 Å². The Bertz CT molecular complexity index is 659. The highest BCUT2D eigenvalue weighted by atomic mass is 16.6. The fourth-order valence-electron chi connectivity index (χ4n) is 5.62. The van der Waals surface area contributed by atoms with E-state index in [4.69, 9.17) is 9.68 Å². The van der Waals surface area contributed by atoms with Crippen molar-refractivity contribution in [2.75, 3.05) is 40.4 Å². The molecule has 5 nitrogen and oxygen atoms in total. The molecule has 0 aromatic carbocycles. The molecule has 0 aromatic rings. The molecule has 0 bridgehead atoms. The van der Waals surface area contributed by atoms with Crippen molar-refractivity contribution >= 4 is 12.4 Å². The number of hydrogen-bond acceptors (Lipinski definition) is 4. The first-order chi connectivity index (χ1) is 23.1. The van der Waals surface area contributed by atoms with Gasteiger partial charge in [-0.3, -0.25) is 0 Å². The highest BCUT2D eigenvalue weighted by Gasteiger charge is 2.14. The van der Waals surface area contributed by atoms with Crippen LogP contribution in [-0.2, 0) is 9.68 Å². The Morgan fingerprint density at radius 2 is 0.660 bits per heavy atom. The van der Waals surface area contributed by atoms with Crippen molar-refractivity contribution in [3.05, 3.63) is 24.3 Å². The summed E-state index contributed by atoms with van der Waals surface area (Å²) in [7, 11) is 4.41. The Hall–Kier alpha value is -1.62. The van der Waals surface area contributed by atoms with Gasteiger partial charge in [0.2, 0.25) is 0 Å². The summed E-state index contributed by atoms with van der Waals surface area (Å²) >= 11 is 0. The summed E-state index contributed by atoms with van der Waals surface area (Å²) in [5.41, 5.74) is 0. The van der Waals surface area contributed by atoms with Crippen LogP contribution in [0.25, 0.3) is 0 Å². The van der Waals surface area contributed by atoms with Crippen molar-refractivity contribution in [3.63, 3.8) is 0 Å². The smallest absolute Gasteiger partial charge is 0.165 e. The lowest BCUT2D eigenvalue weighted by Crippen LogP contribution is -2.44. The Balaban J connectivity index is 3.43. The number of hydrogen-bond donors (Lipinski definition) is 0. The van der Waals surface area contributed by atoms with Crippen molar-refractivity contribution in [3.8, 4) is 0 Å². The molecule has 0 rings (SSSR count). The predicted octanol–water partition coefficient (Wildman–Crippen LogP) is 13.1. The van der Waals surface area contributed by atoms with Crippen LogP contribution in [0.4, 0.5) is 0 Å². The minimum absolute atomic E-state index is 0.634. The van der Waals surface area contributed by atoms with Gasteiger partial charge in [0.05, 0.1) is 14.1 Å². The third kappa shape index (κ3) is 40.5. The summed E-state index contributed by atoms with van der Waals surface area (Å²) in [6, 6.07) is 0. The van der Waals surface area contributed by atoms with Gasteiger partial charge in [-0.25, -0.2) is 0 Å². The SMILES string of the molecule is CCCCCCCC/C=C\CCCCCCCC=NOCC[N+](C)(C)CCON=CCCCCCCC/C=C\CCCCCCCC. The maximum absolute atomic E-state index is 5.51. The van der Waals surface area contributed by atoms with Gasteiger partial charge in [-0.05, 0) is 77.0 Å². The van der Waals surface area contributed by atoms with Gasteiger partial charge in [-0.2, -0.15) is 0 Å². The zero-order chi connectivity index (χ0) is 34.2. The number of rotatable bonds is 38. The van der Waals surface area contributed by atoms with Crippen LogP contribution in [0.5, 0.6) is 0 Å². The van der Waals surface area contributed by atoms with Crippen LogP contribution in [0.1, 0.15) is 194 Å². The number of allylic oxidation sites excluding steroid dienone is 4. The first kappa shape index (κ1) is 45.4. The summed E-state index contributed by atoms with van der Waals surface area (Å²) in [4.78, 5) is 11.0. The molecule has 0 amide bonds. The fourth-order valence-corrected chi connectivity index (χ4v) is 5.62. The Morgan fingerprint density at radius 1 is 0.383 bits per heavy atom. The van der Waals surface area contributed by atoms with Crippen LogP contribution in [-0.4, -0.2) is 57.3 Å². The van der Waals surface area contributed by atoms with E-state index in [2.05, 4.69) is 62.6 Å². The summed E-state index contributed by atoms with van der Waals surface area (Å²) in [6.07, 6.45) is 50.2. The van der Waals surface area contributed by atoms with Crippen LogP contribution in [0.2, 0.25) is 0 Å². The van der Waals surface area contributed by atoms with Gasteiger partial charge in [0.1, 0.15) is 13.1 Å². The lowest BCUT2D eigenvalue weighted by molar-refractivity contribution is -0.891. The molecule has 5 heteroatoms. The molecule has 0 aliphatic heterocycles. The molecule has 0 unspecified atom stereocenters. The summed E-state index contributed by atoms with van der Waals surface area (Å²) in [6.45, 7) is 7.65. The lowest BCUT2D eigenvalue weighted by atomic mass is 10.1. The molecule has 0 radical (unpaired) electrons. The average Bonchev–Trinajstić information content (AvgIpc) is 3.06. The molecular formula is C42H82N3O2+. The monoisotopic (exact) mass is 661 g/mol. The third-order valence-corrected chi connectivity index (χ3v) is 9.06. The van der Waals surface area contributed by atoms with Crippen LogP contribution in [0.3, 0.4) is 0 Å². The van der Waals surface area contributed by atoms with Crippen molar-refractivity contribution < 1.29 is 14.2 Å². The standard InChI is InChI=1S/C42H82N3O2/c1-5-7-9-11-13-15-17-19-21-23-25-27-29-31-33-35-37-43-46-41-39-45(3,4)40-42-47-44-38-36-34-32-30-28-26-24-22-20-18-16-14-12-10-8-6-2/h19-22,37-38H,5-18,23-36,39-42H2,1-4H3/q+1/b21-19-,22-20-,43-37?,44-38?. The topological polar surface area (TPSA) is 43.2 Å². The zero-order valence-corrected chi connectivity index (χ0v) is 32.2. The highest BCUT2D eigenvalue weighted by molar-refractivity contribution is 5.56.